The number of halogens is 1. The number of carbonyl (C=O) groups is 1. The van der Waals surface area contributed by atoms with Crippen molar-refractivity contribution < 1.29 is 18.7 Å². The smallest absolute Gasteiger partial charge is 0.354 e. The molecule has 0 heterocycles. The predicted octanol–water partition coefficient (Wildman–Crippen LogP) is 2.48. The summed E-state index contributed by atoms with van der Waals surface area (Å²) in [7, 11) is -2.27. The van der Waals surface area contributed by atoms with Gasteiger partial charge in [0.1, 0.15) is 11.9 Å². The van der Waals surface area contributed by atoms with Crippen molar-refractivity contribution in [1.82, 2.24) is 0 Å². The van der Waals surface area contributed by atoms with E-state index in [0.29, 0.717) is 0 Å². The molecule has 1 atom stereocenters. The van der Waals surface area contributed by atoms with Crippen molar-refractivity contribution in [3.8, 4) is 6.07 Å². The summed E-state index contributed by atoms with van der Waals surface area (Å²) in [4.78, 5) is 11.4. The lowest BCUT2D eigenvalue weighted by Crippen LogP contribution is -2.45. The first-order chi connectivity index (χ1) is 8.21. The van der Waals surface area contributed by atoms with Gasteiger partial charge in [-0.15, -0.1) is 0 Å². The first-order valence-corrected chi connectivity index (χ1v) is 8.73. The van der Waals surface area contributed by atoms with E-state index in [4.69, 9.17) is 4.43 Å². The Bertz CT molecular complexity index is 490. The summed E-state index contributed by atoms with van der Waals surface area (Å²) in [6.07, 6.45) is 0. The first-order valence-electron chi connectivity index (χ1n) is 5.32. The van der Waals surface area contributed by atoms with Crippen LogP contribution in [0.15, 0.2) is 24.3 Å². The Hall–Kier alpha value is -1.71. The topological polar surface area (TPSA) is 70.3 Å². The van der Waals surface area contributed by atoms with Crippen molar-refractivity contribution in [3.63, 3.8) is 0 Å². The van der Waals surface area contributed by atoms with E-state index in [9.17, 15) is 19.6 Å². The second-order valence-corrected chi connectivity index (χ2v) is 9.25. The molecule has 0 aliphatic heterocycles. The quantitative estimate of drug-likeness (QED) is 0.851. The molecule has 1 aromatic rings. The summed E-state index contributed by atoms with van der Waals surface area (Å²) in [5, 5.41) is 18.5. The summed E-state index contributed by atoms with van der Waals surface area (Å²) < 4.78 is 18.4. The van der Waals surface area contributed by atoms with E-state index in [1.807, 2.05) is 0 Å². The fraction of sp³-hybridized carbons (Fsp3) is 0.333. The lowest BCUT2D eigenvalue weighted by atomic mass is 9.96. The minimum atomic E-state index is -2.27. The lowest BCUT2D eigenvalue weighted by molar-refractivity contribution is -0.151. The third-order valence-electron chi connectivity index (χ3n) is 2.17. The van der Waals surface area contributed by atoms with Gasteiger partial charge in [0, 0.05) is 5.56 Å². The highest BCUT2D eigenvalue weighted by molar-refractivity contribution is 6.70. The van der Waals surface area contributed by atoms with E-state index < -0.39 is 25.7 Å². The van der Waals surface area contributed by atoms with Crippen LogP contribution in [0.5, 0.6) is 0 Å². The molecule has 18 heavy (non-hydrogen) atoms. The number of carboxylic acids is 1. The summed E-state index contributed by atoms with van der Waals surface area (Å²) in [6, 6.07) is 6.43. The second kappa shape index (κ2) is 4.88. The predicted molar refractivity (Wildman–Crippen MR) is 65.8 cm³/mol. The molecule has 4 nitrogen and oxygen atoms in total. The van der Waals surface area contributed by atoms with Crippen LogP contribution in [-0.4, -0.2) is 19.4 Å². The molecule has 0 aromatic heterocycles. The van der Waals surface area contributed by atoms with Crippen molar-refractivity contribution in [1.29, 1.82) is 5.26 Å². The van der Waals surface area contributed by atoms with Gasteiger partial charge in [0.15, 0.2) is 8.32 Å². The van der Waals surface area contributed by atoms with Gasteiger partial charge < -0.3 is 9.53 Å². The van der Waals surface area contributed by atoms with Crippen molar-refractivity contribution in [2.24, 2.45) is 0 Å². The van der Waals surface area contributed by atoms with E-state index in [0.717, 1.165) is 12.1 Å². The summed E-state index contributed by atoms with van der Waals surface area (Å²) in [5.74, 6) is -1.89. The van der Waals surface area contributed by atoms with E-state index in [1.54, 1.807) is 25.7 Å². The minimum Gasteiger partial charge on any atom is -0.478 e. The molecule has 6 heteroatoms. The average Bonchev–Trinajstić information content (AvgIpc) is 2.25. The number of benzene rings is 1. The standard InChI is InChI=1S/C12H14FNO3Si/c1-18(2,3)17-12(8-14,11(15)16)9-4-6-10(13)7-5-9/h4-7H,1-3H3,(H,15,16)/t12-/m0/s1. The van der Waals surface area contributed by atoms with Crippen LogP contribution in [0.2, 0.25) is 19.6 Å². The van der Waals surface area contributed by atoms with E-state index in [1.165, 1.54) is 12.1 Å². The van der Waals surface area contributed by atoms with Crippen LogP contribution >= 0.6 is 0 Å². The number of hydrogen-bond donors (Lipinski definition) is 1. The maximum Gasteiger partial charge on any atom is 0.354 e. The van der Waals surface area contributed by atoms with Crippen molar-refractivity contribution in [3.05, 3.63) is 35.6 Å². The van der Waals surface area contributed by atoms with Crippen molar-refractivity contribution in [2.75, 3.05) is 0 Å². The van der Waals surface area contributed by atoms with Crippen LogP contribution in [0.1, 0.15) is 5.56 Å². The normalized spacial score (nSPS) is 14.6. The summed E-state index contributed by atoms with van der Waals surface area (Å²) in [5.41, 5.74) is -1.95. The van der Waals surface area contributed by atoms with Gasteiger partial charge in [-0.05, 0) is 31.8 Å². The van der Waals surface area contributed by atoms with Gasteiger partial charge in [-0.1, -0.05) is 12.1 Å². The molecule has 96 valence electrons. The van der Waals surface area contributed by atoms with Gasteiger partial charge in [-0.2, -0.15) is 5.26 Å². The molecule has 0 unspecified atom stereocenters. The number of nitriles is 1. The number of aliphatic carboxylic acids is 1. The molecule has 0 aliphatic carbocycles. The number of rotatable bonds is 4. The Morgan fingerprint density at radius 1 is 1.39 bits per heavy atom. The molecule has 0 amide bonds. The van der Waals surface area contributed by atoms with E-state index in [2.05, 4.69) is 0 Å². The molecule has 0 spiro atoms. The number of hydrogen-bond acceptors (Lipinski definition) is 3. The molecule has 1 rings (SSSR count). The molecule has 0 radical (unpaired) electrons. The molecular formula is C12H14FNO3Si. The highest BCUT2D eigenvalue weighted by Crippen LogP contribution is 2.29. The third-order valence-corrected chi connectivity index (χ3v) is 3.09. The zero-order chi connectivity index (χ0) is 14.0. The Morgan fingerprint density at radius 2 is 1.89 bits per heavy atom. The Balaban J connectivity index is 3.33. The Labute approximate surface area is 106 Å². The highest BCUT2D eigenvalue weighted by atomic mass is 28.4. The monoisotopic (exact) mass is 267 g/mol. The van der Waals surface area contributed by atoms with Crippen molar-refractivity contribution >= 4 is 14.3 Å². The van der Waals surface area contributed by atoms with E-state index >= 15 is 0 Å². The second-order valence-electron chi connectivity index (χ2n) is 4.82. The third kappa shape index (κ3) is 2.94. The largest absolute Gasteiger partial charge is 0.478 e. The fourth-order valence-corrected chi connectivity index (χ4v) is 2.67. The van der Waals surface area contributed by atoms with Crippen LogP contribution in [-0.2, 0) is 14.8 Å². The zero-order valence-electron chi connectivity index (χ0n) is 10.4. The number of carboxylic acid groups (broad SMARTS) is 1. The number of nitrogens with zero attached hydrogens (tertiary/aromatic N) is 1. The molecule has 0 aliphatic rings. The van der Waals surface area contributed by atoms with Crippen LogP contribution < -0.4 is 0 Å². The maximum atomic E-state index is 12.9. The van der Waals surface area contributed by atoms with E-state index in [-0.39, 0.29) is 5.56 Å². The lowest BCUT2D eigenvalue weighted by Gasteiger charge is -2.30. The minimum absolute atomic E-state index is 0.126. The SMILES string of the molecule is C[Si](C)(C)O[C@](C#N)(C(=O)O)c1ccc(F)cc1. The van der Waals surface area contributed by atoms with Crippen LogP contribution in [0.25, 0.3) is 0 Å². The molecule has 0 saturated carbocycles. The first kappa shape index (κ1) is 14.3. The van der Waals surface area contributed by atoms with Crippen molar-refractivity contribution in [2.45, 2.75) is 25.2 Å². The van der Waals surface area contributed by atoms with Gasteiger partial charge in [0.25, 0.3) is 5.60 Å². The van der Waals surface area contributed by atoms with Crippen LogP contribution in [0, 0.1) is 17.1 Å². The average molecular weight is 267 g/mol. The molecule has 0 bridgehead atoms. The van der Waals surface area contributed by atoms with Gasteiger partial charge >= 0.3 is 5.97 Å². The fourth-order valence-electron chi connectivity index (χ4n) is 1.51. The van der Waals surface area contributed by atoms with Gasteiger partial charge in [-0.25, -0.2) is 9.18 Å². The van der Waals surface area contributed by atoms with Gasteiger partial charge in [0.2, 0.25) is 0 Å². The molecule has 0 saturated heterocycles. The summed E-state index contributed by atoms with van der Waals surface area (Å²) >= 11 is 0. The molecular weight excluding hydrogens is 253 g/mol. The zero-order valence-corrected chi connectivity index (χ0v) is 11.4. The maximum absolute atomic E-state index is 12.9. The molecule has 0 fully saturated rings. The van der Waals surface area contributed by atoms with Crippen LogP contribution in [0.4, 0.5) is 4.39 Å². The van der Waals surface area contributed by atoms with Gasteiger partial charge in [-0.3, -0.25) is 0 Å². The summed E-state index contributed by atoms with van der Waals surface area (Å²) in [6.45, 7) is 5.35. The molecule has 1 N–H and O–H groups in total. The Kier molecular flexibility index (Phi) is 3.89. The van der Waals surface area contributed by atoms with Crippen LogP contribution in [0.3, 0.4) is 0 Å². The highest BCUT2D eigenvalue weighted by Gasteiger charge is 2.45. The van der Waals surface area contributed by atoms with Gasteiger partial charge in [0.05, 0.1) is 0 Å². The Morgan fingerprint density at radius 3 is 2.22 bits per heavy atom. The molecule has 1 aromatic carbocycles.